The van der Waals surface area contributed by atoms with Gasteiger partial charge in [-0.05, 0) is 114 Å². The van der Waals surface area contributed by atoms with Crippen LogP contribution in [0.1, 0.15) is 92.4 Å². The number of hydrogen-bond acceptors (Lipinski definition) is 24. The Morgan fingerprint density at radius 3 is 1.30 bits per heavy atom. The highest BCUT2D eigenvalue weighted by Crippen LogP contribution is 2.28. The molecule has 43 nitrogen and oxygen atoms in total. The number of amides is 10. The first-order chi connectivity index (χ1) is 70.0. The molecular formula is C101H139N25O18S. The smallest absolute Gasteiger partial charge is 0.243 e. The number of anilines is 1. The fourth-order valence-electron chi connectivity index (χ4n) is 16.4. The molecule has 0 aliphatic heterocycles. The molecule has 145 heavy (non-hydrogen) atoms. The van der Waals surface area contributed by atoms with Gasteiger partial charge in [0.05, 0.1) is 102 Å². The SMILES string of the molecule is CCN(CCCN(CCOCCOCCOCCCC(=O)N[C@@H](Cc1c[nH]cn1)C(=O)N[C@H](Cc1ccccc1)C(=O)N[C@@H](CCCNC(=N)N)C(=O)N[C@@H](Cc1c[nH]c2ccccc12)C(N)=O)CCOCCOCCOCCN(C(C)=O)[C@@H](Cc1c[nH]cn1)C(=O)N[C@H](Cc1ccccc1)C(=O)N[C@@H](CCCNC(=N)N)C(=O)N[C@@H](Cc1c[nH]c2ccccc12)C(N)=O)S(=O)(=O)c1ccc2cc(N(C)C)ccc2c1. The topological polar surface area (TPSA) is 622 Å². The first-order valence-electron chi connectivity index (χ1n) is 48.7. The maximum absolute atomic E-state index is 14.9. The predicted molar refractivity (Wildman–Crippen MR) is 548 cm³/mol. The van der Waals surface area contributed by atoms with E-state index in [0.29, 0.717) is 61.8 Å². The van der Waals surface area contributed by atoms with Crippen molar-refractivity contribution in [2.75, 3.05) is 151 Å². The number of hydrogen-bond donors (Lipinski definition) is 19. The zero-order valence-corrected chi connectivity index (χ0v) is 83.3. The Hall–Kier alpha value is -14.3. The van der Waals surface area contributed by atoms with Crippen LogP contribution in [0, 0.1) is 10.8 Å². The minimum atomic E-state index is -3.87. The van der Waals surface area contributed by atoms with Gasteiger partial charge in [-0.25, -0.2) is 18.4 Å². The highest BCUT2D eigenvalue weighted by Gasteiger charge is 2.37. The number of fused-ring (bicyclic) bond motifs is 3. The highest BCUT2D eigenvalue weighted by molar-refractivity contribution is 7.89. The van der Waals surface area contributed by atoms with E-state index in [9.17, 15) is 56.4 Å². The Morgan fingerprint density at radius 2 is 0.841 bits per heavy atom. The molecule has 782 valence electrons. The summed E-state index contributed by atoms with van der Waals surface area (Å²) in [6, 6.07) is 33.8. The van der Waals surface area contributed by atoms with Crippen LogP contribution in [-0.2, 0) is 125 Å². The van der Waals surface area contributed by atoms with E-state index in [1.807, 2.05) is 98.7 Å². The van der Waals surface area contributed by atoms with Gasteiger partial charge in [-0.2, -0.15) is 4.31 Å². The Labute approximate surface area is 843 Å². The van der Waals surface area contributed by atoms with Crippen molar-refractivity contribution in [3.05, 3.63) is 217 Å². The van der Waals surface area contributed by atoms with Gasteiger partial charge in [0.1, 0.15) is 48.3 Å². The standard InChI is InChI=1S/C101H139N25O18S/c1-5-125(145(137,138)78-34-32-71-56-77(123(3)4)33-31-72(71)57-78)38-19-37-124(39-43-140-47-51-143-50-46-139-42-18-30-91(128)116-89(60-75-64-108-66-114-75)98(135)121-87(54-69-20-8-6-9-21-69)96(133)117-83(28-16-35-110-100(104)105)94(131)119-85(92(102)129)58-73-62-112-81-26-14-12-24-79(73)81)40-44-141-48-52-144-53-49-142-45-41-126(68(2)127)90(61-76-65-109-67-115-76)99(136)122-88(55-70-22-10-7-11-23-70)97(134)118-84(29-17-36-111-101(106)107)95(132)120-86(93(103)130)59-74-63-113-82-27-15-13-25-80(74)82/h6-15,20-27,31-34,56-57,62-67,83-90,112-113H,5,16-19,28-30,35-55,58-61H2,1-4H3,(H2,102,129)(H2,103,130)(H,108,114)(H,109,115)(H,116,128)(H,117,133)(H,118,134)(H,119,131)(H,120,132)(H,121,135)(H,122,136)(H4,104,105,110)(H4,106,107,111)/t83-,84-,85-,86-,87+,88+,89-,90-/m0/s1. The number of nitrogens with two attached hydrogens (primary N) is 4. The molecule has 4 aromatic heterocycles. The molecule has 23 N–H and O–H groups in total. The number of benzene rings is 6. The first kappa shape index (κ1) is 113. The minimum Gasteiger partial charge on any atom is -0.379 e. The maximum Gasteiger partial charge on any atom is 0.243 e. The fourth-order valence-corrected chi connectivity index (χ4v) is 17.9. The number of primary amides is 2. The number of rotatable bonds is 69. The first-order valence-corrected chi connectivity index (χ1v) is 50.1. The normalized spacial score (nSPS) is 13.2. The third kappa shape index (κ3) is 37.8. The van der Waals surface area contributed by atoms with E-state index in [1.165, 1.54) is 28.8 Å². The van der Waals surface area contributed by atoms with Gasteiger partial charge < -0.3 is 129 Å². The van der Waals surface area contributed by atoms with Crippen LogP contribution in [0.15, 0.2) is 188 Å². The second kappa shape index (κ2) is 59.7. The number of para-hydroxylation sites is 2. The molecule has 10 amide bonds. The van der Waals surface area contributed by atoms with Crippen molar-refractivity contribution >= 4 is 119 Å². The van der Waals surface area contributed by atoms with Crippen LogP contribution in [0.2, 0.25) is 0 Å². The largest absolute Gasteiger partial charge is 0.379 e. The van der Waals surface area contributed by atoms with E-state index in [-0.39, 0.29) is 193 Å². The van der Waals surface area contributed by atoms with Crippen LogP contribution in [0.3, 0.4) is 0 Å². The summed E-state index contributed by atoms with van der Waals surface area (Å²) in [5.41, 5.74) is 29.1. The molecule has 0 radical (unpaired) electrons. The summed E-state index contributed by atoms with van der Waals surface area (Å²) < 4.78 is 65.6. The molecule has 0 fully saturated rings. The number of aromatic amines is 4. The molecule has 0 spiro atoms. The van der Waals surface area contributed by atoms with E-state index >= 15 is 0 Å². The van der Waals surface area contributed by atoms with Crippen LogP contribution in [-0.4, -0.2) is 317 Å². The molecule has 10 rings (SSSR count). The van der Waals surface area contributed by atoms with Crippen molar-refractivity contribution in [2.24, 2.45) is 22.9 Å². The summed E-state index contributed by atoms with van der Waals surface area (Å²) in [6.07, 6.45) is 10.6. The zero-order chi connectivity index (χ0) is 104. The van der Waals surface area contributed by atoms with E-state index in [0.717, 1.165) is 49.4 Å². The van der Waals surface area contributed by atoms with E-state index in [1.54, 1.807) is 97.6 Å². The van der Waals surface area contributed by atoms with Crippen molar-refractivity contribution in [1.29, 1.82) is 10.8 Å². The van der Waals surface area contributed by atoms with Gasteiger partial charge in [-0.15, -0.1) is 0 Å². The summed E-state index contributed by atoms with van der Waals surface area (Å²) in [5, 5.41) is 43.7. The van der Waals surface area contributed by atoms with Crippen molar-refractivity contribution in [2.45, 2.75) is 151 Å². The Balaban J connectivity index is 0.674. The Morgan fingerprint density at radius 1 is 0.421 bits per heavy atom. The molecule has 0 aliphatic rings. The van der Waals surface area contributed by atoms with Crippen LogP contribution in [0.5, 0.6) is 0 Å². The number of nitrogens with one attached hydrogen (secondary N) is 15. The molecular weight excluding hydrogens is 1880 g/mol. The molecule has 44 heteroatoms. The van der Waals surface area contributed by atoms with Crippen LogP contribution >= 0.6 is 0 Å². The number of imidazole rings is 2. The summed E-state index contributed by atoms with van der Waals surface area (Å²) >= 11 is 0. The fraction of sp³-hybridized carbons (Fsp3) is 0.446. The predicted octanol–water partition coefficient (Wildman–Crippen LogP) is 2.46. The molecule has 0 unspecified atom stereocenters. The van der Waals surface area contributed by atoms with Crippen LogP contribution in [0.25, 0.3) is 32.6 Å². The quantitative estimate of drug-likeness (QED) is 0.0148. The third-order valence-electron chi connectivity index (χ3n) is 24.2. The number of ether oxygens (including phenoxy) is 6. The van der Waals surface area contributed by atoms with E-state index in [4.69, 9.17) is 62.2 Å². The lowest BCUT2D eigenvalue weighted by Gasteiger charge is -2.31. The van der Waals surface area contributed by atoms with Gasteiger partial charge in [-0.3, -0.25) is 63.7 Å². The average Bonchev–Trinajstić information content (AvgIpc) is 1.22. The minimum absolute atomic E-state index is 0.0103. The van der Waals surface area contributed by atoms with Crippen molar-refractivity contribution in [3.8, 4) is 0 Å². The number of aromatic nitrogens is 6. The zero-order valence-electron chi connectivity index (χ0n) is 82.5. The van der Waals surface area contributed by atoms with E-state index < -0.39 is 117 Å². The van der Waals surface area contributed by atoms with Gasteiger partial charge in [0, 0.05) is 171 Å². The van der Waals surface area contributed by atoms with Crippen molar-refractivity contribution in [1.82, 2.24) is 91.9 Å². The molecule has 4 heterocycles. The van der Waals surface area contributed by atoms with Crippen LogP contribution < -0.4 is 75.7 Å². The van der Waals surface area contributed by atoms with Gasteiger partial charge in [0.2, 0.25) is 69.1 Å². The lowest BCUT2D eigenvalue weighted by molar-refractivity contribution is -0.141. The molecule has 0 aliphatic carbocycles. The number of sulfonamides is 1. The maximum atomic E-state index is 14.9. The second-order valence-electron chi connectivity index (χ2n) is 35.1. The third-order valence-corrected chi connectivity index (χ3v) is 26.2. The van der Waals surface area contributed by atoms with Crippen molar-refractivity contribution < 1.29 is 84.8 Å². The number of guanidine groups is 2. The van der Waals surface area contributed by atoms with E-state index in [2.05, 4.69) is 82.7 Å². The monoisotopic (exact) mass is 2020 g/mol. The summed E-state index contributed by atoms with van der Waals surface area (Å²) in [7, 11) is 0.0175. The lowest BCUT2D eigenvalue weighted by atomic mass is 10.0. The van der Waals surface area contributed by atoms with Gasteiger partial charge in [0.25, 0.3) is 0 Å². The summed E-state index contributed by atoms with van der Waals surface area (Å²) in [6.45, 7) is 7.67. The second-order valence-corrected chi connectivity index (χ2v) is 37.0. The molecule has 10 aromatic rings. The summed E-state index contributed by atoms with van der Waals surface area (Å²) in [5.74, 6) is -7.50. The number of carbonyl (C=O) groups is 10. The summed E-state index contributed by atoms with van der Waals surface area (Å²) in [4.78, 5) is 167. The molecule has 6 aromatic carbocycles. The Kier molecular flexibility index (Phi) is 46.4. The number of H-pyrrole nitrogens is 4. The number of carbonyl (C=O) groups excluding carboxylic acids is 10. The highest BCUT2D eigenvalue weighted by atomic mass is 32.2. The number of nitrogens with zero attached hydrogens (tertiary/aromatic N) is 6. The van der Waals surface area contributed by atoms with Crippen molar-refractivity contribution in [3.63, 3.8) is 0 Å². The van der Waals surface area contributed by atoms with Gasteiger partial charge in [0.15, 0.2) is 11.9 Å². The van der Waals surface area contributed by atoms with Gasteiger partial charge >= 0.3 is 0 Å². The van der Waals surface area contributed by atoms with Gasteiger partial charge in [-0.1, -0.05) is 116 Å². The average molecular weight is 2020 g/mol. The molecule has 0 saturated carbocycles. The molecule has 0 saturated heterocycles. The Bertz CT molecular complexity index is 5900. The van der Waals surface area contributed by atoms with Crippen LogP contribution in [0.4, 0.5) is 5.69 Å². The lowest BCUT2D eigenvalue weighted by Crippen LogP contribution is -2.59. The molecule has 0 bridgehead atoms. The molecule has 8 atom stereocenters.